The maximum atomic E-state index is 12.1. The van der Waals surface area contributed by atoms with Crippen molar-refractivity contribution in [1.29, 1.82) is 0 Å². The molecule has 1 aromatic carbocycles. The molecule has 2 heterocycles. The number of carbonyl (C=O) groups is 1. The molecule has 0 N–H and O–H groups in total. The summed E-state index contributed by atoms with van der Waals surface area (Å²) in [6, 6.07) is 7.67. The lowest BCUT2D eigenvalue weighted by atomic mass is 9.90. The Morgan fingerprint density at radius 3 is 2.92 bits per heavy atom. The fourth-order valence-electron chi connectivity index (χ4n) is 3.23. The summed E-state index contributed by atoms with van der Waals surface area (Å²) in [5.74, 6) is -0.302. The summed E-state index contributed by atoms with van der Waals surface area (Å²) in [6.45, 7) is 0.0212. The molecule has 0 saturated heterocycles. The molecule has 0 saturated carbocycles. The van der Waals surface area contributed by atoms with Crippen LogP contribution in [0.25, 0.3) is 4.96 Å². The van der Waals surface area contributed by atoms with Crippen LogP contribution in [0.2, 0.25) is 0 Å². The predicted octanol–water partition coefficient (Wildman–Crippen LogP) is 2.92. The molecule has 0 bridgehead atoms. The first-order valence-electron chi connectivity index (χ1n) is 8.41. The zero-order chi connectivity index (χ0) is 17.2. The summed E-state index contributed by atoms with van der Waals surface area (Å²) in [4.78, 5) is 29.0. The van der Waals surface area contributed by atoms with Gasteiger partial charge in [0.1, 0.15) is 6.61 Å². The Kier molecular flexibility index (Phi) is 4.36. The van der Waals surface area contributed by atoms with Gasteiger partial charge >= 0.3 is 5.97 Å². The largest absolute Gasteiger partial charge is 0.459 e. The summed E-state index contributed by atoms with van der Waals surface area (Å²) < 4.78 is 6.79. The fourth-order valence-corrected chi connectivity index (χ4v) is 3.97. The van der Waals surface area contributed by atoms with Crippen LogP contribution in [0.15, 0.2) is 40.6 Å². The van der Waals surface area contributed by atoms with Crippen LogP contribution in [0.4, 0.5) is 0 Å². The van der Waals surface area contributed by atoms with Crippen LogP contribution in [0.1, 0.15) is 35.2 Å². The minimum Gasteiger partial charge on any atom is -0.459 e. The van der Waals surface area contributed by atoms with Crippen molar-refractivity contribution in [3.8, 4) is 0 Å². The Labute approximate surface area is 148 Å². The number of hydrogen-bond acceptors (Lipinski definition) is 5. The molecular weight excluding hydrogens is 336 g/mol. The van der Waals surface area contributed by atoms with Gasteiger partial charge in [-0.3, -0.25) is 14.0 Å². The average molecular weight is 354 g/mol. The van der Waals surface area contributed by atoms with Crippen LogP contribution in [0.3, 0.4) is 0 Å². The molecule has 3 aromatic rings. The Morgan fingerprint density at radius 1 is 1.20 bits per heavy atom. The number of aryl methyl sites for hydroxylation is 2. The van der Waals surface area contributed by atoms with Gasteiger partial charge in [0.05, 0.1) is 12.1 Å². The smallest absolute Gasteiger partial charge is 0.310 e. The van der Waals surface area contributed by atoms with Crippen LogP contribution >= 0.6 is 11.3 Å². The molecule has 0 radical (unpaired) electrons. The van der Waals surface area contributed by atoms with Crippen LogP contribution in [0.5, 0.6) is 0 Å². The summed E-state index contributed by atoms with van der Waals surface area (Å²) >= 11 is 1.38. The SMILES string of the molecule is O=C(Cc1ccc2c(c1)CCCC2)OCc1cc(=O)n2ccsc2n1. The first-order valence-corrected chi connectivity index (χ1v) is 9.29. The number of carbonyl (C=O) groups excluding carboxylic acids is 1. The maximum absolute atomic E-state index is 12.1. The molecule has 0 unspecified atom stereocenters. The Bertz CT molecular complexity index is 990. The number of aromatic nitrogens is 2. The molecule has 2 aromatic heterocycles. The van der Waals surface area contributed by atoms with Gasteiger partial charge in [-0.05, 0) is 42.4 Å². The number of hydrogen-bond donors (Lipinski definition) is 0. The molecule has 0 amide bonds. The van der Waals surface area contributed by atoms with E-state index in [0.717, 1.165) is 18.4 Å². The molecule has 128 valence electrons. The Hall–Kier alpha value is -2.47. The first-order chi connectivity index (χ1) is 12.2. The van der Waals surface area contributed by atoms with Crippen LogP contribution < -0.4 is 5.56 Å². The first kappa shape index (κ1) is 16.0. The van der Waals surface area contributed by atoms with Crippen molar-refractivity contribution >= 4 is 22.3 Å². The van der Waals surface area contributed by atoms with E-state index in [1.54, 1.807) is 11.6 Å². The Balaban J connectivity index is 1.41. The molecule has 4 rings (SSSR count). The van der Waals surface area contributed by atoms with E-state index >= 15 is 0 Å². The van der Waals surface area contributed by atoms with Crippen molar-refractivity contribution in [2.75, 3.05) is 0 Å². The third-order valence-electron chi connectivity index (χ3n) is 4.50. The number of fused-ring (bicyclic) bond motifs is 2. The van der Waals surface area contributed by atoms with Crippen molar-refractivity contribution in [2.45, 2.75) is 38.7 Å². The van der Waals surface area contributed by atoms with Gasteiger partial charge in [0.2, 0.25) is 0 Å². The van der Waals surface area contributed by atoms with Crippen molar-refractivity contribution in [3.63, 3.8) is 0 Å². The fraction of sp³-hybridized carbons (Fsp3) is 0.316. The summed E-state index contributed by atoms with van der Waals surface area (Å²) in [5.41, 5.74) is 4.05. The van der Waals surface area contributed by atoms with Crippen LogP contribution in [0, 0.1) is 0 Å². The zero-order valence-corrected chi connectivity index (χ0v) is 14.6. The van der Waals surface area contributed by atoms with E-state index < -0.39 is 0 Å². The highest BCUT2D eigenvalue weighted by molar-refractivity contribution is 7.15. The van der Waals surface area contributed by atoms with Crippen molar-refractivity contribution < 1.29 is 9.53 Å². The summed E-state index contributed by atoms with van der Waals surface area (Å²) in [6.07, 6.45) is 6.61. The van der Waals surface area contributed by atoms with Gasteiger partial charge < -0.3 is 4.74 Å². The molecule has 25 heavy (non-hydrogen) atoms. The van der Waals surface area contributed by atoms with Gasteiger partial charge in [0, 0.05) is 17.6 Å². The molecule has 0 spiro atoms. The highest BCUT2D eigenvalue weighted by atomic mass is 32.1. The summed E-state index contributed by atoms with van der Waals surface area (Å²) in [5, 5.41) is 1.80. The average Bonchev–Trinajstić information content (AvgIpc) is 3.09. The van der Waals surface area contributed by atoms with Crippen LogP contribution in [-0.4, -0.2) is 15.4 Å². The predicted molar refractivity (Wildman–Crippen MR) is 95.9 cm³/mol. The van der Waals surface area contributed by atoms with Crippen molar-refractivity contribution in [3.05, 3.63) is 68.6 Å². The van der Waals surface area contributed by atoms with Gasteiger partial charge in [0.15, 0.2) is 4.96 Å². The molecule has 6 heteroatoms. The number of thiazole rings is 1. The van der Waals surface area contributed by atoms with Crippen LogP contribution in [-0.2, 0) is 35.4 Å². The summed E-state index contributed by atoms with van der Waals surface area (Å²) in [7, 11) is 0. The second-order valence-corrected chi connectivity index (χ2v) is 7.16. The normalized spacial score (nSPS) is 13.6. The van der Waals surface area contributed by atoms with Crippen molar-refractivity contribution in [2.24, 2.45) is 0 Å². The monoisotopic (exact) mass is 354 g/mol. The van der Waals surface area contributed by atoms with E-state index in [1.807, 2.05) is 6.07 Å². The highest BCUT2D eigenvalue weighted by Crippen LogP contribution is 2.22. The van der Waals surface area contributed by atoms with Gasteiger partial charge in [-0.2, -0.15) is 0 Å². The third kappa shape index (κ3) is 3.49. The van der Waals surface area contributed by atoms with E-state index in [-0.39, 0.29) is 24.6 Å². The van der Waals surface area contributed by atoms with Gasteiger partial charge in [0.25, 0.3) is 5.56 Å². The highest BCUT2D eigenvalue weighted by Gasteiger charge is 2.12. The third-order valence-corrected chi connectivity index (χ3v) is 5.26. The minimum atomic E-state index is -0.302. The molecular formula is C19H18N2O3S. The topological polar surface area (TPSA) is 60.7 Å². The molecule has 1 aliphatic rings. The van der Waals surface area contributed by atoms with E-state index in [9.17, 15) is 9.59 Å². The van der Waals surface area contributed by atoms with Gasteiger partial charge in [-0.1, -0.05) is 18.2 Å². The van der Waals surface area contributed by atoms with E-state index in [2.05, 4.69) is 17.1 Å². The van der Waals surface area contributed by atoms with E-state index in [4.69, 9.17) is 4.74 Å². The Morgan fingerprint density at radius 2 is 2.04 bits per heavy atom. The lowest BCUT2D eigenvalue weighted by Gasteiger charge is -2.16. The molecule has 0 atom stereocenters. The lowest BCUT2D eigenvalue weighted by molar-refractivity contribution is -0.144. The van der Waals surface area contributed by atoms with E-state index in [1.165, 1.54) is 45.8 Å². The number of benzene rings is 1. The molecule has 5 nitrogen and oxygen atoms in total. The molecule has 0 aliphatic heterocycles. The molecule has 0 fully saturated rings. The van der Waals surface area contributed by atoms with Gasteiger partial charge in [-0.15, -0.1) is 11.3 Å². The number of rotatable bonds is 4. The van der Waals surface area contributed by atoms with E-state index in [0.29, 0.717) is 10.7 Å². The number of nitrogens with zero attached hydrogens (tertiary/aromatic N) is 2. The second-order valence-electron chi connectivity index (χ2n) is 6.29. The number of ether oxygens (including phenoxy) is 1. The second kappa shape index (κ2) is 6.80. The van der Waals surface area contributed by atoms with Gasteiger partial charge in [-0.25, -0.2) is 4.98 Å². The standard InChI is InChI=1S/C19H18N2O3S/c22-17-11-16(20-19-21(17)7-8-25-19)12-24-18(23)10-13-5-6-14-3-1-2-4-15(14)9-13/h5-9,11H,1-4,10,12H2. The zero-order valence-electron chi connectivity index (χ0n) is 13.7. The molecule has 1 aliphatic carbocycles. The minimum absolute atomic E-state index is 0.0212. The quantitative estimate of drug-likeness (QED) is 0.676. The maximum Gasteiger partial charge on any atom is 0.310 e. The number of esters is 1. The van der Waals surface area contributed by atoms with Crippen molar-refractivity contribution in [1.82, 2.24) is 9.38 Å². The lowest BCUT2D eigenvalue weighted by Crippen LogP contribution is -2.15.